The summed E-state index contributed by atoms with van der Waals surface area (Å²) in [6, 6.07) is 13.8. The van der Waals surface area contributed by atoms with Crippen molar-refractivity contribution in [3.05, 3.63) is 88.7 Å². The number of hydrogen-bond donors (Lipinski definition) is 0. The molecule has 0 radical (unpaired) electrons. The van der Waals surface area contributed by atoms with Gasteiger partial charge in [-0.25, -0.2) is 38.9 Å². The van der Waals surface area contributed by atoms with E-state index >= 15 is 0 Å². The van der Waals surface area contributed by atoms with Crippen LogP contribution in [0.2, 0.25) is 40.2 Å². The van der Waals surface area contributed by atoms with Gasteiger partial charge in [-0.2, -0.15) is 0 Å². The highest BCUT2D eigenvalue weighted by Crippen LogP contribution is 2.44. The number of aromatic nitrogens is 8. The van der Waals surface area contributed by atoms with Gasteiger partial charge in [-0.3, -0.25) is 0 Å². The second-order valence-corrected chi connectivity index (χ2v) is 14.4. The van der Waals surface area contributed by atoms with E-state index in [1.54, 1.807) is 57.6 Å². The van der Waals surface area contributed by atoms with Crippen molar-refractivity contribution in [1.29, 1.82) is 0 Å². The third-order valence-electron chi connectivity index (χ3n) is 8.44. The Bertz CT molecular complexity index is 2570. The maximum absolute atomic E-state index is 6.64. The highest BCUT2D eigenvalue weighted by molar-refractivity contribution is 6.45. The van der Waals surface area contributed by atoms with E-state index in [1.165, 1.54) is 0 Å². The lowest BCUT2D eigenvalue weighted by atomic mass is 10.1. The lowest BCUT2D eigenvalue weighted by molar-refractivity contribution is 0.885. The fourth-order valence-electron chi connectivity index (χ4n) is 6.32. The van der Waals surface area contributed by atoms with Crippen molar-refractivity contribution in [1.82, 2.24) is 38.9 Å². The fourth-order valence-corrected chi connectivity index (χ4v) is 7.63. The summed E-state index contributed by atoms with van der Waals surface area (Å²) in [7, 11) is 0. The highest BCUT2D eigenvalue weighted by Gasteiger charge is 2.28. The Morgan fingerprint density at radius 3 is 0.729 bits per heavy atom. The molecule has 4 aromatic carbocycles. The zero-order valence-electron chi connectivity index (χ0n) is 23.2. The SMILES string of the molecule is Clc1cc2c(cc1Cl)-c1nc-2nc2c3cc(Cl)c(Cl)cc3c3nc4nc(nc5c6cc(Cl)c(Cl)cc6c(n1)n5n23)-c1cc(Cl)c(Cl)cc1-4. The molecule has 16 heteroatoms. The summed E-state index contributed by atoms with van der Waals surface area (Å²) < 4.78 is 3.58. The molecule has 8 aromatic rings. The molecular formula is C32H8Cl8N8. The Morgan fingerprint density at radius 2 is 0.500 bits per heavy atom. The first-order chi connectivity index (χ1) is 23.0. The summed E-state index contributed by atoms with van der Waals surface area (Å²) in [5, 5.41) is 5.09. The average molecular weight is 788 g/mol. The molecule has 2 aliphatic heterocycles. The largest absolute Gasteiger partial charge is 0.208 e. The Labute approximate surface area is 308 Å². The molecule has 0 unspecified atom stereocenters. The minimum atomic E-state index is 0.314. The van der Waals surface area contributed by atoms with E-state index in [9.17, 15) is 0 Å². The number of fused-ring (bicyclic) bond motifs is 16. The van der Waals surface area contributed by atoms with Gasteiger partial charge < -0.3 is 0 Å². The summed E-state index contributed by atoms with van der Waals surface area (Å²) in [5.74, 6) is 1.41. The first kappa shape index (κ1) is 29.5. The van der Waals surface area contributed by atoms with E-state index in [2.05, 4.69) is 0 Å². The van der Waals surface area contributed by atoms with E-state index in [0.717, 1.165) is 0 Å². The molecule has 6 heterocycles. The predicted octanol–water partition coefficient (Wildman–Crippen LogP) is 11.7. The second-order valence-electron chi connectivity index (χ2n) is 11.1. The van der Waals surface area contributed by atoms with Gasteiger partial charge in [0.1, 0.15) is 0 Å². The van der Waals surface area contributed by atoms with Gasteiger partial charge in [0.05, 0.1) is 40.2 Å². The number of hydrogen-bond acceptors (Lipinski definition) is 6. The first-order valence-electron chi connectivity index (χ1n) is 13.9. The predicted molar refractivity (Wildman–Crippen MR) is 194 cm³/mol. The number of benzene rings is 4. The molecule has 48 heavy (non-hydrogen) atoms. The molecule has 0 N–H and O–H groups in total. The van der Waals surface area contributed by atoms with Crippen LogP contribution in [0.4, 0.5) is 0 Å². The summed E-state index contributed by atoms with van der Waals surface area (Å²) in [4.78, 5) is 30.3. The number of nitrogens with zero attached hydrogens (tertiary/aromatic N) is 8. The van der Waals surface area contributed by atoms with Crippen LogP contribution in [0.15, 0.2) is 48.5 Å². The van der Waals surface area contributed by atoms with Gasteiger partial charge in [-0.05, 0) is 48.5 Å². The van der Waals surface area contributed by atoms with Crippen molar-refractivity contribution in [2.45, 2.75) is 0 Å². The van der Waals surface area contributed by atoms with Gasteiger partial charge in [0, 0.05) is 43.8 Å². The van der Waals surface area contributed by atoms with E-state index in [4.69, 9.17) is 123 Å². The summed E-state index contributed by atoms with van der Waals surface area (Å²) in [5.41, 5.74) is 4.19. The molecular weight excluding hydrogens is 780 g/mol. The summed E-state index contributed by atoms with van der Waals surface area (Å²) in [6.45, 7) is 0. The molecule has 0 saturated heterocycles. The summed E-state index contributed by atoms with van der Waals surface area (Å²) >= 11 is 52.6. The maximum Gasteiger partial charge on any atom is 0.164 e. The van der Waals surface area contributed by atoms with Crippen molar-refractivity contribution in [2.75, 3.05) is 0 Å². The Morgan fingerprint density at radius 1 is 0.292 bits per heavy atom. The van der Waals surface area contributed by atoms with E-state index in [0.29, 0.717) is 130 Å². The third-order valence-corrected chi connectivity index (χ3v) is 11.3. The minimum absolute atomic E-state index is 0.314. The molecule has 10 rings (SSSR count). The monoisotopic (exact) mass is 784 g/mol. The second kappa shape index (κ2) is 10.1. The average Bonchev–Trinajstić information content (AvgIpc) is 3.73. The van der Waals surface area contributed by atoms with Gasteiger partial charge in [0.2, 0.25) is 0 Å². The van der Waals surface area contributed by atoms with Crippen LogP contribution in [-0.4, -0.2) is 38.9 Å². The zero-order chi connectivity index (χ0) is 32.9. The molecule has 0 saturated carbocycles. The van der Waals surface area contributed by atoms with Gasteiger partial charge in [0.15, 0.2) is 45.9 Å². The molecule has 0 amide bonds. The van der Waals surface area contributed by atoms with Crippen molar-refractivity contribution >= 4 is 137 Å². The standard InChI is InChI=1S/C32H8Cl8N8/c33-17-1-9-10(2-18(17)34)26-41-25(9)43-29-13-5-21(37)22(38)6-14(13)31-45-27-11-3-19(35)20(36)4-12(11)28(42-27)46-32-16-8-24(40)23(39)7-15(16)30(44-26)48(32)47(29)31/h1-8H. The maximum atomic E-state index is 6.64. The fraction of sp³-hybridized carbons (Fsp3) is 0. The lowest BCUT2D eigenvalue weighted by Gasteiger charge is -2.05. The normalized spacial score (nSPS) is 12.6. The number of halogens is 8. The van der Waals surface area contributed by atoms with Crippen LogP contribution in [0.25, 0.3) is 89.7 Å². The third kappa shape index (κ3) is 3.94. The quantitative estimate of drug-likeness (QED) is 0.152. The van der Waals surface area contributed by atoms with Crippen LogP contribution in [0.3, 0.4) is 0 Å². The minimum Gasteiger partial charge on any atom is -0.208 e. The molecule has 4 bridgehead atoms. The molecule has 8 nitrogen and oxygen atoms in total. The zero-order valence-corrected chi connectivity index (χ0v) is 29.3. The van der Waals surface area contributed by atoms with Gasteiger partial charge >= 0.3 is 0 Å². The van der Waals surface area contributed by atoms with E-state index < -0.39 is 0 Å². The van der Waals surface area contributed by atoms with Crippen LogP contribution < -0.4 is 0 Å². The van der Waals surface area contributed by atoms with Crippen LogP contribution in [0, 0.1) is 0 Å². The Balaban J connectivity index is 1.57. The topological polar surface area (TPSA) is 86.2 Å². The molecule has 0 spiro atoms. The molecule has 4 aromatic heterocycles. The van der Waals surface area contributed by atoms with Crippen molar-refractivity contribution in [3.8, 4) is 45.6 Å². The molecule has 0 atom stereocenters. The summed E-state index contributed by atoms with van der Waals surface area (Å²) in [6.07, 6.45) is 0. The van der Waals surface area contributed by atoms with Crippen LogP contribution in [0.5, 0.6) is 0 Å². The molecule has 2 aliphatic rings. The van der Waals surface area contributed by atoms with Gasteiger partial charge in [-0.15, -0.1) is 0 Å². The van der Waals surface area contributed by atoms with Crippen molar-refractivity contribution < 1.29 is 0 Å². The van der Waals surface area contributed by atoms with Crippen LogP contribution >= 0.6 is 92.8 Å². The molecule has 0 aliphatic carbocycles. The first-order valence-corrected chi connectivity index (χ1v) is 16.9. The lowest BCUT2D eigenvalue weighted by Crippen LogP contribution is -2.02. The Hall–Kier alpha value is -3.44. The van der Waals surface area contributed by atoms with Gasteiger partial charge in [0.25, 0.3) is 0 Å². The van der Waals surface area contributed by atoms with Gasteiger partial charge in [-0.1, -0.05) is 92.8 Å². The molecule has 0 fully saturated rings. The Kier molecular flexibility index (Phi) is 6.18. The van der Waals surface area contributed by atoms with Crippen molar-refractivity contribution in [2.24, 2.45) is 0 Å². The van der Waals surface area contributed by atoms with E-state index in [1.807, 2.05) is 0 Å². The molecule has 232 valence electrons. The van der Waals surface area contributed by atoms with Crippen LogP contribution in [0.1, 0.15) is 0 Å². The van der Waals surface area contributed by atoms with Crippen LogP contribution in [-0.2, 0) is 0 Å². The number of rotatable bonds is 0. The van der Waals surface area contributed by atoms with E-state index in [-0.39, 0.29) is 0 Å². The smallest absolute Gasteiger partial charge is 0.164 e. The van der Waals surface area contributed by atoms with Crippen molar-refractivity contribution in [3.63, 3.8) is 0 Å². The highest BCUT2D eigenvalue weighted by atomic mass is 35.5.